The number of hydrogen-bond acceptors (Lipinski definition) is 6. The van der Waals surface area contributed by atoms with E-state index >= 15 is 0 Å². The number of nitrogens with one attached hydrogen (secondary N) is 3. The quantitative estimate of drug-likeness (QED) is 0.301. The van der Waals surface area contributed by atoms with Crippen LogP contribution >= 0.6 is 0 Å². The molecule has 0 saturated carbocycles. The second-order valence-electron chi connectivity index (χ2n) is 13.1. The minimum atomic E-state index is -1.31. The average molecular weight is 645 g/mol. The molecular weight excluding hydrogens is 596 g/mol. The van der Waals surface area contributed by atoms with Crippen molar-refractivity contribution in [2.75, 3.05) is 6.54 Å². The van der Waals surface area contributed by atoms with Crippen LogP contribution in [0.4, 0.5) is 0 Å². The van der Waals surface area contributed by atoms with E-state index in [1.54, 1.807) is 33.8 Å². The standard InChI is InChI=1S/C37H48N4O6/c1-5-37(4)35(46)39-29(24-26-16-9-6-10-17-26)34(45)41-23-15-21-30(41)33(44)38-28(32(43)40-37)20-13-8-14-22-31(42)36(2,3)47-25-27-18-11-7-12-19-27/h6-12,14,16-19,28-30H,5,13,15,20-25H2,1-4H3,(H,38,44)(H,39,46)(H,40,43)/t28-,29-,30+,37-/m0/s1. The SMILES string of the molecule is CC[C@]1(C)NC(=O)[C@H](CCC=CCC(=O)C(C)(C)OCc2ccccc2)NC(=O)[C@H]2CCCN2C(=O)[C@H](Cc2ccccc2)NC1=O. The van der Waals surface area contributed by atoms with Gasteiger partial charge in [-0.3, -0.25) is 24.0 Å². The summed E-state index contributed by atoms with van der Waals surface area (Å²) in [5.74, 6) is -1.72. The first-order valence-electron chi connectivity index (χ1n) is 16.6. The highest BCUT2D eigenvalue weighted by molar-refractivity contribution is 5.99. The van der Waals surface area contributed by atoms with Gasteiger partial charge in [0.25, 0.3) is 0 Å². The average Bonchev–Trinajstić information content (AvgIpc) is 3.56. The maximum absolute atomic E-state index is 13.9. The predicted molar refractivity (Wildman–Crippen MR) is 179 cm³/mol. The van der Waals surface area contributed by atoms with Crippen molar-refractivity contribution < 1.29 is 28.7 Å². The molecule has 4 atom stereocenters. The zero-order chi connectivity index (χ0) is 34.0. The minimum absolute atomic E-state index is 0.0805. The number of carbonyl (C=O) groups is 5. The molecule has 4 rings (SSSR count). The zero-order valence-corrected chi connectivity index (χ0v) is 27.9. The van der Waals surface area contributed by atoms with Gasteiger partial charge in [0.2, 0.25) is 23.6 Å². The third-order valence-corrected chi connectivity index (χ3v) is 9.17. The van der Waals surface area contributed by atoms with E-state index in [4.69, 9.17) is 4.74 Å². The van der Waals surface area contributed by atoms with Crippen LogP contribution in [0.15, 0.2) is 72.8 Å². The molecule has 0 radical (unpaired) electrons. The number of rotatable bonds is 12. The Hall–Kier alpha value is -4.31. The monoisotopic (exact) mass is 644 g/mol. The summed E-state index contributed by atoms with van der Waals surface area (Å²) in [5.41, 5.74) is -0.432. The molecule has 10 heteroatoms. The van der Waals surface area contributed by atoms with Gasteiger partial charge in [0.1, 0.15) is 29.3 Å². The van der Waals surface area contributed by atoms with Gasteiger partial charge >= 0.3 is 0 Å². The largest absolute Gasteiger partial charge is 0.363 e. The number of hydrogen-bond donors (Lipinski definition) is 3. The lowest BCUT2D eigenvalue weighted by atomic mass is 9.94. The molecule has 10 nitrogen and oxygen atoms in total. The summed E-state index contributed by atoms with van der Waals surface area (Å²) in [5, 5.41) is 8.65. The Morgan fingerprint density at radius 2 is 1.60 bits per heavy atom. The molecule has 0 unspecified atom stereocenters. The number of amides is 4. The van der Waals surface area contributed by atoms with E-state index in [2.05, 4.69) is 16.0 Å². The summed E-state index contributed by atoms with van der Waals surface area (Å²) in [4.78, 5) is 69.2. The van der Waals surface area contributed by atoms with Gasteiger partial charge in [0.05, 0.1) is 6.61 Å². The molecule has 2 aliphatic rings. The molecular formula is C37H48N4O6. The second-order valence-corrected chi connectivity index (χ2v) is 13.1. The summed E-state index contributed by atoms with van der Waals surface area (Å²) in [6.45, 7) is 7.63. The zero-order valence-electron chi connectivity index (χ0n) is 27.9. The highest BCUT2D eigenvalue weighted by Crippen LogP contribution is 2.22. The smallest absolute Gasteiger partial charge is 0.246 e. The topological polar surface area (TPSA) is 134 Å². The van der Waals surface area contributed by atoms with E-state index in [9.17, 15) is 24.0 Å². The second kappa shape index (κ2) is 16.0. The highest BCUT2D eigenvalue weighted by Gasteiger charge is 2.43. The van der Waals surface area contributed by atoms with E-state index in [1.807, 2.05) is 66.7 Å². The van der Waals surface area contributed by atoms with E-state index in [1.165, 1.54) is 4.90 Å². The molecule has 0 spiro atoms. The predicted octanol–water partition coefficient (Wildman–Crippen LogP) is 3.78. The van der Waals surface area contributed by atoms with Gasteiger partial charge in [-0.15, -0.1) is 0 Å². The summed E-state index contributed by atoms with van der Waals surface area (Å²) in [7, 11) is 0. The van der Waals surface area contributed by atoms with Crippen molar-refractivity contribution in [2.24, 2.45) is 0 Å². The normalized spacial score (nSPS) is 24.2. The fourth-order valence-electron chi connectivity index (χ4n) is 5.81. The number of carbonyl (C=O) groups excluding carboxylic acids is 5. The van der Waals surface area contributed by atoms with Crippen LogP contribution in [-0.4, -0.2) is 70.1 Å². The number of benzene rings is 2. The van der Waals surface area contributed by atoms with Crippen LogP contribution in [0, 0.1) is 0 Å². The summed E-state index contributed by atoms with van der Waals surface area (Å²) in [6, 6.07) is 16.5. The molecule has 2 aliphatic heterocycles. The fourth-order valence-corrected chi connectivity index (χ4v) is 5.81. The molecule has 0 bridgehead atoms. The van der Waals surface area contributed by atoms with E-state index < -0.39 is 47.0 Å². The van der Waals surface area contributed by atoms with E-state index in [0.717, 1.165) is 11.1 Å². The third kappa shape index (κ3) is 9.38. The molecule has 2 aromatic carbocycles. The maximum atomic E-state index is 13.9. The number of ketones is 1. The molecule has 0 aromatic heterocycles. The van der Waals surface area contributed by atoms with Crippen molar-refractivity contribution >= 4 is 29.4 Å². The Kier molecular flexibility index (Phi) is 12.1. The van der Waals surface area contributed by atoms with Crippen molar-refractivity contribution in [3.05, 3.63) is 83.9 Å². The lowest BCUT2D eigenvalue weighted by Crippen LogP contribution is -2.65. The van der Waals surface area contributed by atoms with E-state index in [-0.39, 0.29) is 37.4 Å². The van der Waals surface area contributed by atoms with Crippen molar-refractivity contribution in [3.63, 3.8) is 0 Å². The number of Topliss-reactive ketones (excluding diaryl/α,β-unsaturated/α-hetero) is 1. The van der Waals surface area contributed by atoms with Gasteiger partial charge in [-0.2, -0.15) is 0 Å². The first-order valence-corrected chi connectivity index (χ1v) is 16.6. The number of nitrogens with zero attached hydrogens (tertiary/aromatic N) is 1. The fraction of sp³-hybridized carbons (Fsp3) is 0.486. The molecule has 2 fully saturated rings. The Labute approximate surface area is 277 Å². The van der Waals surface area contributed by atoms with Crippen LogP contribution < -0.4 is 16.0 Å². The Bertz CT molecular complexity index is 1440. The molecule has 2 heterocycles. The summed E-state index contributed by atoms with van der Waals surface area (Å²) < 4.78 is 5.89. The van der Waals surface area contributed by atoms with Crippen LogP contribution in [0.3, 0.4) is 0 Å². The first-order chi connectivity index (χ1) is 22.4. The van der Waals surface area contributed by atoms with E-state index in [0.29, 0.717) is 32.4 Å². The molecule has 0 aliphatic carbocycles. The third-order valence-electron chi connectivity index (χ3n) is 9.17. The van der Waals surface area contributed by atoms with Crippen molar-refractivity contribution in [1.29, 1.82) is 0 Å². The van der Waals surface area contributed by atoms with Crippen LogP contribution in [0.2, 0.25) is 0 Å². The Morgan fingerprint density at radius 3 is 2.26 bits per heavy atom. The van der Waals surface area contributed by atoms with Gasteiger partial charge in [0, 0.05) is 19.4 Å². The molecule has 2 saturated heterocycles. The van der Waals surface area contributed by atoms with Crippen LogP contribution in [0.1, 0.15) is 77.3 Å². The highest BCUT2D eigenvalue weighted by atomic mass is 16.5. The Morgan fingerprint density at radius 1 is 0.936 bits per heavy atom. The molecule has 4 amide bonds. The van der Waals surface area contributed by atoms with Gasteiger partial charge in [-0.25, -0.2) is 0 Å². The van der Waals surface area contributed by atoms with Gasteiger partial charge in [0.15, 0.2) is 5.78 Å². The number of allylic oxidation sites excluding steroid dienone is 2. The van der Waals surface area contributed by atoms with Gasteiger partial charge < -0.3 is 25.6 Å². The van der Waals surface area contributed by atoms with Gasteiger partial charge in [-0.05, 0) is 64.0 Å². The minimum Gasteiger partial charge on any atom is -0.363 e. The number of fused-ring (bicyclic) bond motifs is 1. The van der Waals surface area contributed by atoms with Crippen LogP contribution in [-0.2, 0) is 41.7 Å². The summed E-state index contributed by atoms with van der Waals surface area (Å²) >= 11 is 0. The molecule has 252 valence electrons. The van der Waals surface area contributed by atoms with Crippen LogP contribution in [0.25, 0.3) is 0 Å². The summed E-state index contributed by atoms with van der Waals surface area (Å²) in [6.07, 6.45) is 6.00. The molecule has 2 aromatic rings. The van der Waals surface area contributed by atoms with Crippen molar-refractivity contribution in [3.8, 4) is 0 Å². The number of ether oxygens (including phenoxy) is 1. The first kappa shape index (κ1) is 35.5. The lowest BCUT2D eigenvalue weighted by molar-refractivity contribution is -0.144. The lowest BCUT2D eigenvalue weighted by Gasteiger charge is -2.35. The Balaban J connectivity index is 1.43. The van der Waals surface area contributed by atoms with Crippen molar-refractivity contribution in [2.45, 2.75) is 109 Å². The maximum Gasteiger partial charge on any atom is 0.246 e. The molecule has 47 heavy (non-hydrogen) atoms. The molecule has 3 N–H and O–H groups in total. The van der Waals surface area contributed by atoms with Gasteiger partial charge in [-0.1, -0.05) is 79.7 Å². The van der Waals surface area contributed by atoms with Crippen molar-refractivity contribution in [1.82, 2.24) is 20.9 Å². The van der Waals surface area contributed by atoms with Crippen LogP contribution in [0.5, 0.6) is 0 Å².